The third kappa shape index (κ3) is 5.05. The number of thiocarbonyl (C=S) groups is 1. The van der Waals surface area contributed by atoms with E-state index in [0.29, 0.717) is 29.2 Å². The number of pyridine rings is 1. The fourth-order valence-corrected chi connectivity index (χ4v) is 4.05. The zero-order chi connectivity index (χ0) is 26.4. The predicted molar refractivity (Wildman–Crippen MR) is 133 cm³/mol. The maximum absolute atomic E-state index is 13.2. The van der Waals surface area contributed by atoms with Crippen molar-refractivity contribution in [3.05, 3.63) is 90.3 Å². The van der Waals surface area contributed by atoms with Crippen LogP contribution >= 0.6 is 12.2 Å². The maximum Gasteiger partial charge on any atom is 0.416 e. The largest absolute Gasteiger partial charge is 0.416 e. The van der Waals surface area contributed by atoms with E-state index in [0.717, 1.165) is 16.4 Å². The van der Waals surface area contributed by atoms with Gasteiger partial charge in [-0.15, -0.1) is 0 Å². The molecule has 0 atom stereocenters. The first-order valence-electron chi connectivity index (χ1n) is 10.7. The normalized spacial score (nSPS) is 12.2. The van der Waals surface area contributed by atoms with Crippen molar-refractivity contribution < 1.29 is 26.3 Å². The smallest absolute Gasteiger partial charge is 0.332 e. The van der Waals surface area contributed by atoms with Gasteiger partial charge in [0.1, 0.15) is 12.1 Å². The van der Waals surface area contributed by atoms with Gasteiger partial charge in [0, 0.05) is 11.1 Å². The zero-order valence-corrected chi connectivity index (χ0v) is 19.3. The average molecular weight is 531 g/mol. The van der Waals surface area contributed by atoms with Crippen molar-refractivity contribution in [2.75, 3.05) is 10.6 Å². The van der Waals surface area contributed by atoms with Crippen LogP contribution < -0.4 is 10.6 Å². The van der Waals surface area contributed by atoms with Crippen molar-refractivity contribution in [1.29, 1.82) is 0 Å². The Morgan fingerprint density at radius 1 is 0.784 bits per heavy atom. The van der Waals surface area contributed by atoms with E-state index in [-0.39, 0.29) is 11.2 Å². The number of benzene rings is 3. The lowest BCUT2D eigenvalue weighted by Crippen LogP contribution is -2.21. The summed E-state index contributed by atoms with van der Waals surface area (Å²) in [7, 11) is 0. The van der Waals surface area contributed by atoms with Crippen LogP contribution in [0.3, 0.4) is 0 Å². The standard InChI is InChI=1S/C25H15F6N5S/c26-24(27,28)15-10-16(25(29,30)31)12-17(11-15)33-23(37)34-19-6-3-4-14-8-9-21(35-22(14)19)36-13-32-18-5-1-2-7-20(18)36/h1-13H,(H2,33,34,37). The van der Waals surface area contributed by atoms with Gasteiger partial charge in [0.2, 0.25) is 0 Å². The lowest BCUT2D eigenvalue weighted by Gasteiger charge is -2.17. The van der Waals surface area contributed by atoms with E-state index in [1.807, 2.05) is 36.4 Å². The highest BCUT2D eigenvalue weighted by Gasteiger charge is 2.37. The van der Waals surface area contributed by atoms with Gasteiger partial charge in [0.25, 0.3) is 0 Å². The molecule has 2 aromatic heterocycles. The summed E-state index contributed by atoms with van der Waals surface area (Å²) in [5.41, 5.74) is -0.847. The molecule has 0 bridgehead atoms. The van der Waals surface area contributed by atoms with Crippen LogP contribution in [0.15, 0.2) is 79.1 Å². The first kappa shape index (κ1) is 24.5. The lowest BCUT2D eigenvalue weighted by molar-refractivity contribution is -0.143. The van der Waals surface area contributed by atoms with Crippen molar-refractivity contribution in [2.45, 2.75) is 12.4 Å². The predicted octanol–water partition coefficient (Wildman–Crippen LogP) is 7.42. The van der Waals surface area contributed by atoms with Crippen molar-refractivity contribution in [1.82, 2.24) is 14.5 Å². The van der Waals surface area contributed by atoms with E-state index in [1.165, 1.54) is 0 Å². The Balaban J connectivity index is 1.47. The Kier molecular flexibility index (Phi) is 5.98. The number of rotatable bonds is 3. The summed E-state index contributed by atoms with van der Waals surface area (Å²) in [5.74, 6) is 0.557. The fraction of sp³-hybridized carbons (Fsp3) is 0.0800. The van der Waals surface area contributed by atoms with E-state index >= 15 is 0 Å². The van der Waals surface area contributed by atoms with Crippen LogP contribution in [0.4, 0.5) is 37.7 Å². The molecule has 0 saturated carbocycles. The summed E-state index contributed by atoms with van der Waals surface area (Å²) in [5, 5.41) is 5.78. The molecule has 0 aliphatic rings. The molecule has 5 nitrogen and oxygen atoms in total. The van der Waals surface area contributed by atoms with E-state index in [9.17, 15) is 26.3 Å². The number of imidazole rings is 1. The van der Waals surface area contributed by atoms with Gasteiger partial charge in [-0.25, -0.2) is 9.97 Å². The molecule has 0 radical (unpaired) electrons. The number of aromatic nitrogens is 3. The molecular weight excluding hydrogens is 516 g/mol. The molecule has 5 rings (SSSR count). The third-order valence-electron chi connectivity index (χ3n) is 5.50. The lowest BCUT2D eigenvalue weighted by atomic mass is 10.1. The topological polar surface area (TPSA) is 54.8 Å². The minimum absolute atomic E-state index is 0.0532. The number of fused-ring (bicyclic) bond motifs is 2. The highest BCUT2D eigenvalue weighted by atomic mass is 32.1. The number of hydrogen-bond donors (Lipinski definition) is 2. The van der Waals surface area contributed by atoms with Crippen LogP contribution in [0.5, 0.6) is 0 Å². The summed E-state index contributed by atoms with van der Waals surface area (Å²) >= 11 is 5.20. The average Bonchev–Trinajstić information content (AvgIpc) is 3.27. The monoisotopic (exact) mass is 531 g/mol. The molecule has 3 aromatic carbocycles. The number of halogens is 6. The van der Waals surface area contributed by atoms with E-state index in [4.69, 9.17) is 17.2 Å². The number of anilines is 2. The molecule has 0 fully saturated rings. The SMILES string of the molecule is FC(F)(F)c1cc(NC(=S)Nc2cccc3ccc(-n4cnc5ccccc54)nc23)cc(C(F)(F)F)c1. The van der Waals surface area contributed by atoms with E-state index in [2.05, 4.69) is 15.6 Å². The van der Waals surface area contributed by atoms with Gasteiger partial charge < -0.3 is 10.6 Å². The molecule has 0 amide bonds. The van der Waals surface area contributed by atoms with E-state index in [1.54, 1.807) is 29.1 Å². The van der Waals surface area contributed by atoms with Crippen LogP contribution in [0.2, 0.25) is 0 Å². The second-order valence-electron chi connectivity index (χ2n) is 8.02. The first-order valence-corrected chi connectivity index (χ1v) is 11.1. The Morgan fingerprint density at radius 3 is 2.19 bits per heavy atom. The number of hydrogen-bond acceptors (Lipinski definition) is 3. The van der Waals surface area contributed by atoms with Gasteiger partial charge in [0.15, 0.2) is 5.11 Å². The van der Waals surface area contributed by atoms with Gasteiger partial charge >= 0.3 is 12.4 Å². The summed E-state index contributed by atoms with van der Waals surface area (Å²) < 4.78 is 80.9. The molecule has 0 saturated heterocycles. The Labute approximate surface area is 210 Å². The van der Waals surface area contributed by atoms with Crippen molar-refractivity contribution in [3.63, 3.8) is 0 Å². The second kappa shape index (κ2) is 9.04. The molecule has 12 heteroatoms. The molecule has 37 heavy (non-hydrogen) atoms. The summed E-state index contributed by atoms with van der Waals surface area (Å²) in [4.78, 5) is 9.05. The number of nitrogens with one attached hydrogen (secondary N) is 2. The summed E-state index contributed by atoms with van der Waals surface area (Å²) in [6.45, 7) is 0. The van der Waals surface area contributed by atoms with Gasteiger partial charge in [0.05, 0.1) is 33.4 Å². The van der Waals surface area contributed by atoms with Gasteiger partial charge in [-0.2, -0.15) is 26.3 Å². The van der Waals surface area contributed by atoms with Crippen LogP contribution in [-0.2, 0) is 12.4 Å². The molecule has 0 unspecified atom stereocenters. The highest BCUT2D eigenvalue weighted by molar-refractivity contribution is 7.80. The van der Waals surface area contributed by atoms with Crippen molar-refractivity contribution in [3.8, 4) is 5.82 Å². The molecule has 0 spiro atoms. The van der Waals surface area contributed by atoms with Gasteiger partial charge in [-0.3, -0.25) is 4.57 Å². The number of para-hydroxylation sites is 3. The first-order chi connectivity index (χ1) is 17.5. The molecule has 2 heterocycles. The Bertz CT molecular complexity index is 1610. The number of nitrogens with zero attached hydrogens (tertiary/aromatic N) is 3. The zero-order valence-electron chi connectivity index (χ0n) is 18.5. The van der Waals surface area contributed by atoms with Gasteiger partial charge in [-0.1, -0.05) is 24.3 Å². The summed E-state index contributed by atoms with van der Waals surface area (Å²) in [6, 6.07) is 17.5. The summed E-state index contributed by atoms with van der Waals surface area (Å²) in [6.07, 6.45) is -8.31. The minimum Gasteiger partial charge on any atom is -0.332 e. The van der Waals surface area contributed by atoms with Crippen molar-refractivity contribution in [2.24, 2.45) is 0 Å². The van der Waals surface area contributed by atoms with Crippen LogP contribution in [0.25, 0.3) is 27.8 Å². The van der Waals surface area contributed by atoms with Crippen molar-refractivity contribution >= 4 is 50.6 Å². The van der Waals surface area contributed by atoms with Gasteiger partial charge in [-0.05, 0) is 60.7 Å². The molecule has 5 aromatic rings. The van der Waals surface area contributed by atoms with E-state index < -0.39 is 29.2 Å². The van der Waals surface area contributed by atoms with Crippen LogP contribution in [-0.4, -0.2) is 19.6 Å². The molecule has 2 N–H and O–H groups in total. The molecule has 0 aliphatic heterocycles. The fourth-order valence-electron chi connectivity index (χ4n) is 3.83. The molecule has 188 valence electrons. The molecule has 0 aliphatic carbocycles. The second-order valence-corrected chi connectivity index (χ2v) is 8.43. The van der Waals surface area contributed by atoms with Crippen LogP contribution in [0, 0.1) is 0 Å². The Hall–Kier alpha value is -4.19. The quantitative estimate of drug-likeness (QED) is 0.187. The van der Waals surface area contributed by atoms with Crippen LogP contribution in [0.1, 0.15) is 11.1 Å². The number of alkyl halides is 6. The third-order valence-corrected chi connectivity index (χ3v) is 5.70. The Morgan fingerprint density at radius 2 is 1.49 bits per heavy atom. The minimum atomic E-state index is -4.97. The molecular formula is C25H15F6N5S. The highest BCUT2D eigenvalue weighted by Crippen LogP contribution is 2.37. The maximum atomic E-state index is 13.2.